The number of rotatable bonds is 8. The largest absolute Gasteiger partial charge is 0.479 e. The maximum absolute atomic E-state index is 11.6. The molecule has 6 atom stereocenters. The summed E-state index contributed by atoms with van der Waals surface area (Å²) in [5.41, 5.74) is -0.626. The van der Waals surface area contributed by atoms with Crippen molar-refractivity contribution in [3.05, 3.63) is 45.9 Å². The highest BCUT2D eigenvalue weighted by Gasteiger charge is 2.62. The Labute approximate surface area is 203 Å². The highest BCUT2D eigenvalue weighted by atomic mass is 35.5. The SMILES string of the molecule is O=C(O)[C@H]1O[C@@H](OC(Cc2ccccc2Cl)(Cn2[nH]cnc2=S)C2(Cl)CC2)[C@H](O)[C@@H](O)[C@@H]1O. The van der Waals surface area contributed by atoms with Crippen molar-refractivity contribution in [2.75, 3.05) is 0 Å². The summed E-state index contributed by atoms with van der Waals surface area (Å²) in [7, 11) is 0. The van der Waals surface area contributed by atoms with Crippen molar-refractivity contribution in [1.82, 2.24) is 14.8 Å². The Morgan fingerprint density at radius 2 is 2.00 bits per heavy atom. The predicted molar refractivity (Wildman–Crippen MR) is 119 cm³/mol. The van der Waals surface area contributed by atoms with Crippen molar-refractivity contribution in [2.24, 2.45) is 0 Å². The molecule has 1 unspecified atom stereocenters. The van der Waals surface area contributed by atoms with Crippen LogP contribution in [0.3, 0.4) is 0 Å². The average molecular weight is 520 g/mol. The molecule has 1 aromatic carbocycles. The van der Waals surface area contributed by atoms with Gasteiger partial charge in [0.2, 0.25) is 4.77 Å². The van der Waals surface area contributed by atoms with E-state index in [1.54, 1.807) is 24.3 Å². The Morgan fingerprint density at radius 3 is 2.58 bits per heavy atom. The van der Waals surface area contributed by atoms with E-state index in [2.05, 4.69) is 10.1 Å². The Bertz CT molecular complexity index is 1080. The van der Waals surface area contributed by atoms with Crippen LogP contribution in [0.15, 0.2) is 30.6 Å². The Kier molecular flexibility index (Phi) is 6.87. The van der Waals surface area contributed by atoms with E-state index in [0.29, 0.717) is 23.4 Å². The number of carbonyl (C=O) groups is 1. The number of aromatic amines is 1. The van der Waals surface area contributed by atoms with Gasteiger partial charge in [0, 0.05) is 11.4 Å². The average Bonchev–Trinajstić information content (AvgIpc) is 3.41. The quantitative estimate of drug-likeness (QED) is 0.256. The molecular formula is C20H23Cl2N3O7S. The zero-order valence-electron chi connectivity index (χ0n) is 17.2. The van der Waals surface area contributed by atoms with E-state index in [1.807, 2.05) is 0 Å². The zero-order chi connectivity index (χ0) is 24.0. The van der Waals surface area contributed by atoms with E-state index in [-0.39, 0.29) is 17.7 Å². The molecule has 1 aliphatic carbocycles. The van der Waals surface area contributed by atoms with Gasteiger partial charge in [-0.3, -0.25) is 9.78 Å². The van der Waals surface area contributed by atoms with Gasteiger partial charge in [0.05, 0.1) is 11.4 Å². The lowest BCUT2D eigenvalue weighted by molar-refractivity contribution is -0.323. The third kappa shape index (κ3) is 4.69. The highest BCUT2D eigenvalue weighted by molar-refractivity contribution is 7.71. The first-order chi connectivity index (χ1) is 15.6. The summed E-state index contributed by atoms with van der Waals surface area (Å²) in [6, 6.07) is 7.08. The first-order valence-corrected chi connectivity index (χ1v) is 11.4. The van der Waals surface area contributed by atoms with Crippen LogP contribution in [0.5, 0.6) is 0 Å². The summed E-state index contributed by atoms with van der Waals surface area (Å²) in [4.78, 5) is 14.6. The van der Waals surface area contributed by atoms with Crippen LogP contribution in [0.2, 0.25) is 5.02 Å². The number of aliphatic hydroxyl groups is 3. The van der Waals surface area contributed by atoms with E-state index in [0.717, 1.165) is 0 Å². The van der Waals surface area contributed by atoms with E-state index in [4.69, 9.17) is 44.9 Å². The molecule has 0 radical (unpaired) electrons. The predicted octanol–water partition coefficient (Wildman–Crippen LogP) is 1.26. The number of hydrogen-bond acceptors (Lipinski definition) is 8. The summed E-state index contributed by atoms with van der Waals surface area (Å²) in [5, 5.41) is 43.7. The molecule has 1 saturated carbocycles. The van der Waals surface area contributed by atoms with Crippen LogP contribution in [-0.2, 0) is 27.2 Å². The third-order valence-electron chi connectivity index (χ3n) is 6.13. The minimum absolute atomic E-state index is 0.0452. The van der Waals surface area contributed by atoms with Crippen LogP contribution in [0.4, 0.5) is 0 Å². The van der Waals surface area contributed by atoms with Crippen LogP contribution >= 0.6 is 35.4 Å². The number of carboxylic acids is 1. The van der Waals surface area contributed by atoms with Crippen LogP contribution in [0, 0.1) is 4.77 Å². The molecule has 2 aromatic rings. The number of hydrogen-bond donors (Lipinski definition) is 5. The topological polar surface area (TPSA) is 150 Å². The summed E-state index contributed by atoms with van der Waals surface area (Å²) in [6.07, 6.45) is -6.16. The number of carboxylic acid groups (broad SMARTS) is 1. The molecule has 180 valence electrons. The van der Waals surface area contributed by atoms with Crippen molar-refractivity contribution in [3.63, 3.8) is 0 Å². The fourth-order valence-corrected chi connectivity index (χ4v) is 4.71. The van der Waals surface area contributed by atoms with Crippen LogP contribution < -0.4 is 0 Å². The number of nitrogens with one attached hydrogen (secondary N) is 1. The number of aromatic nitrogens is 3. The molecular weight excluding hydrogens is 497 g/mol. The van der Waals surface area contributed by atoms with Crippen LogP contribution in [-0.4, -0.2) is 82.3 Å². The van der Waals surface area contributed by atoms with Crippen molar-refractivity contribution in [2.45, 2.75) is 67.0 Å². The maximum Gasteiger partial charge on any atom is 0.335 e. The standard InChI is InChI=1S/C20H23Cl2N3O7S/c21-11-4-2-1-3-10(11)7-20(19(22)5-6-19,8-25-18(33)23-9-24-25)32-17-14(28)12(26)13(27)15(31-17)16(29)30/h1-4,9,12-15,17,26-28H,5-8H2,(H,29,30)(H,23,24,33)/t12-,13-,14+,15-,17-,20?/m0/s1. The van der Waals surface area contributed by atoms with Crippen molar-refractivity contribution in [1.29, 1.82) is 0 Å². The number of halogens is 2. The molecule has 4 rings (SSSR count). The molecule has 0 spiro atoms. The van der Waals surface area contributed by atoms with Crippen LogP contribution in [0.25, 0.3) is 0 Å². The normalized spacial score (nSPS) is 30.5. The summed E-state index contributed by atoms with van der Waals surface area (Å²) < 4.78 is 13.5. The Balaban J connectivity index is 1.76. The number of benzene rings is 1. The van der Waals surface area contributed by atoms with Gasteiger partial charge in [0.15, 0.2) is 12.4 Å². The van der Waals surface area contributed by atoms with Gasteiger partial charge in [-0.05, 0) is 36.7 Å². The van der Waals surface area contributed by atoms with E-state index in [1.165, 1.54) is 11.0 Å². The molecule has 1 aliphatic heterocycles. The van der Waals surface area contributed by atoms with Gasteiger partial charge in [-0.25, -0.2) is 9.78 Å². The minimum Gasteiger partial charge on any atom is -0.479 e. The number of aliphatic hydroxyl groups excluding tert-OH is 3. The van der Waals surface area contributed by atoms with Gasteiger partial charge in [-0.2, -0.15) is 0 Å². The molecule has 2 fully saturated rings. The molecule has 2 heterocycles. The van der Waals surface area contributed by atoms with Gasteiger partial charge < -0.3 is 29.9 Å². The van der Waals surface area contributed by atoms with Gasteiger partial charge in [0.25, 0.3) is 0 Å². The lowest BCUT2D eigenvalue weighted by Crippen LogP contribution is -2.63. The van der Waals surface area contributed by atoms with Crippen molar-refractivity contribution >= 4 is 41.4 Å². The number of nitrogens with zero attached hydrogens (tertiary/aromatic N) is 2. The van der Waals surface area contributed by atoms with Gasteiger partial charge >= 0.3 is 5.97 Å². The fraction of sp³-hybridized carbons (Fsp3) is 0.550. The fourth-order valence-electron chi connectivity index (χ4n) is 4.07. The number of ether oxygens (including phenoxy) is 2. The van der Waals surface area contributed by atoms with Crippen LogP contribution in [0.1, 0.15) is 18.4 Å². The summed E-state index contributed by atoms with van der Waals surface area (Å²) >= 11 is 18.6. The van der Waals surface area contributed by atoms with Crippen molar-refractivity contribution in [3.8, 4) is 0 Å². The molecule has 5 N–H and O–H groups in total. The second-order valence-electron chi connectivity index (χ2n) is 8.34. The smallest absolute Gasteiger partial charge is 0.335 e. The molecule has 2 aliphatic rings. The first-order valence-electron chi connectivity index (χ1n) is 10.2. The Hall–Kier alpha value is -1.57. The lowest BCUT2D eigenvalue weighted by Gasteiger charge is -2.46. The van der Waals surface area contributed by atoms with Gasteiger partial charge in [-0.1, -0.05) is 29.8 Å². The Morgan fingerprint density at radius 1 is 1.30 bits per heavy atom. The second kappa shape index (κ2) is 9.23. The zero-order valence-corrected chi connectivity index (χ0v) is 19.5. The molecule has 1 aromatic heterocycles. The van der Waals surface area contributed by atoms with Gasteiger partial charge in [0.1, 0.15) is 30.2 Å². The first kappa shape index (κ1) is 24.6. The minimum atomic E-state index is -1.84. The maximum atomic E-state index is 11.6. The van der Waals surface area contributed by atoms with E-state index < -0.39 is 47.2 Å². The summed E-state index contributed by atoms with van der Waals surface area (Å²) in [6.45, 7) is 0.0452. The number of H-pyrrole nitrogens is 1. The van der Waals surface area contributed by atoms with E-state index in [9.17, 15) is 25.2 Å². The third-order valence-corrected chi connectivity index (χ3v) is 7.54. The van der Waals surface area contributed by atoms with E-state index >= 15 is 0 Å². The van der Waals surface area contributed by atoms with Gasteiger partial charge in [-0.15, -0.1) is 11.6 Å². The molecule has 0 amide bonds. The molecule has 10 nitrogen and oxygen atoms in total. The van der Waals surface area contributed by atoms with Crippen molar-refractivity contribution < 1.29 is 34.7 Å². The number of alkyl halides is 1. The monoisotopic (exact) mass is 519 g/mol. The molecule has 0 bridgehead atoms. The lowest BCUT2D eigenvalue weighted by atomic mass is 9.87. The highest BCUT2D eigenvalue weighted by Crippen LogP contribution is 2.55. The summed E-state index contributed by atoms with van der Waals surface area (Å²) in [5.74, 6) is -1.51. The molecule has 13 heteroatoms. The molecule has 1 saturated heterocycles. The number of aliphatic carboxylic acids is 1. The second-order valence-corrected chi connectivity index (χ2v) is 9.83. The molecule has 33 heavy (non-hydrogen) atoms.